The molecular formula is C20H28N6O2. The number of likely N-dealkylation sites (N-methyl/N-ethyl adjacent to an activating group) is 1. The Morgan fingerprint density at radius 2 is 2.00 bits per heavy atom. The minimum atomic E-state index is -0.274. The van der Waals surface area contributed by atoms with Gasteiger partial charge in [-0.1, -0.05) is 18.2 Å². The minimum Gasteiger partial charge on any atom is -0.496 e. The largest absolute Gasteiger partial charge is 0.496 e. The fourth-order valence-electron chi connectivity index (χ4n) is 3.20. The molecule has 8 heteroatoms. The lowest BCUT2D eigenvalue weighted by atomic mass is 10.0. The van der Waals surface area contributed by atoms with Gasteiger partial charge >= 0.3 is 0 Å². The third kappa shape index (κ3) is 3.87. The van der Waals surface area contributed by atoms with Crippen molar-refractivity contribution in [3.63, 3.8) is 0 Å². The minimum absolute atomic E-state index is 0.0321. The Kier molecular flexibility index (Phi) is 5.42. The van der Waals surface area contributed by atoms with Gasteiger partial charge in [0, 0.05) is 12.1 Å². The van der Waals surface area contributed by atoms with Gasteiger partial charge in [0.15, 0.2) is 5.65 Å². The van der Waals surface area contributed by atoms with Gasteiger partial charge in [-0.25, -0.2) is 4.68 Å². The van der Waals surface area contributed by atoms with E-state index in [1.54, 1.807) is 18.0 Å². The Labute approximate surface area is 164 Å². The van der Waals surface area contributed by atoms with E-state index in [1.807, 2.05) is 59.1 Å². The molecule has 1 aromatic carbocycles. The summed E-state index contributed by atoms with van der Waals surface area (Å²) < 4.78 is 7.28. The number of rotatable bonds is 6. The molecule has 1 unspecified atom stereocenters. The van der Waals surface area contributed by atoms with E-state index < -0.39 is 0 Å². The van der Waals surface area contributed by atoms with E-state index in [-0.39, 0.29) is 17.1 Å². The van der Waals surface area contributed by atoms with E-state index in [1.165, 1.54) is 0 Å². The highest BCUT2D eigenvalue weighted by atomic mass is 16.5. The molecule has 3 aromatic rings. The first-order valence-electron chi connectivity index (χ1n) is 9.24. The van der Waals surface area contributed by atoms with E-state index in [0.29, 0.717) is 23.5 Å². The summed E-state index contributed by atoms with van der Waals surface area (Å²) in [6.07, 6.45) is 1.56. The smallest absolute Gasteiger partial charge is 0.263 e. The highest BCUT2D eigenvalue weighted by molar-refractivity contribution is 5.74. The van der Waals surface area contributed by atoms with Crippen LogP contribution >= 0.6 is 0 Å². The van der Waals surface area contributed by atoms with Gasteiger partial charge < -0.3 is 15.0 Å². The molecule has 0 amide bonds. The van der Waals surface area contributed by atoms with E-state index in [9.17, 15) is 4.79 Å². The quantitative estimate of drug-likeness (QED) is 0.679. The normalized spacial score (nSPS) is 13.1. The standard InChI is InChI=1S/C20H28N6O2/c1-20(2,3)26-17-14(11-22-26)18(27)24-19(23-17)21-12-15(25(4)5)13-9-7-8-10-16(13)28-6/h7-11,15H,12H2,1-6H3,(H2,21,23,24,27). The van der Waals surface area contributed by atoms with Gasteiger partial charge in [0.25, 0.3) is 5.56 Å². The maximum Gasteiger partial charge on any atom is 0.263 e. The molecule has 2 aromatic heterocycles. The van der Waals surface area contributed by atoms with Crippen LogP contribution in [0, 0.1) is 0 Å². The third-order valence-corrected chi connectivity index (χ3v) is 4.66. The summed E-state index contributed by atoms with van der Waals surface area (Å²) >= 11 is 0. The fraction of sp³-hybridized carbons (Fsp3) is 0.450. The molecule has 0 saturated heterocycles. The maximum atomic E-state index is 12.5. The Morgan fingerprint density at radius 3 is 2.64 bits per heavy atom. The van der Waals surface area contributed by atoms with Crippen LogP contribution in [0.4, 0.5) is 5.95 Å². The summed E-state index contributed by atoms with van der Waals surface area (Å²) in [6, 6.07) is 7.95. The number of benzene rings is 1. The highest BCUT2D eigenvalue weighted by Crippen LogP contribution is 2.28. The average Bonchev–Trinajstić information content (AvgIpc) is 3.07. The molecule has 3 rings (SSSR count). The molecule has 0 aliphatic heterocycles. The van der Waals surface area contributed by atoms with Crippen molar-refractivity contribution in [1.82, 2.24) is 24.6 Å². The van der Waals surface area contributed by atoms with Crippen molar-refractivity contribution in [2.75, 3.05) is 33.1 Å². The number of anilines is 1. The van der Waals surface area contributed by atoms with Crippen LogP contribution in [0.3, 0.4) is 0 Å². The Morgan fingerprint density at radius 1 is 1.29 bits per heavy atom. The SMILES string of the molecule is COc1ccccc1C(CNc1nc2c(cnn2C(C)(C)C)c(=O)[nH]1)N(C)C. The molecule has 150 valence electrons. The second-order valence-electron chi connectivity index (χ2n) is 7.98. The lowest BCUT2D eigenvalue weighted by molar-refractivity contribution is 0.299. The topological polar surface area (TPSA) is 88.1 Å². The first-order chi connectivity index (χ1) is 13.2. The number of aromatic nitrogens is 4. The van der Waals surface area contributed by atoms with Crippen LogP contribution < -0.4 is 15.6 Å². The predicted octanol–water partition coefficient (Wildman–Crippen LogP) is 2.60. The summed E-state index contributed by atoms with van der Waals surface area (Å²) in [7, 11) is 5.68. The van der Waals surface area contributed by atoms with E-state index >= 15 is 0 Å². The molecule has 0 fully saturated rings. The second-order valence-corrected chi connectivity index (χ2v) is 7.98. The van der Waals surface area contributed by atoms with Gasteiger partial charge in [-0.3, -0.25) is 9.78 Å². The molecule has 0 spiro atoms. The molecule has 0 saturated carbocycles. The van der Waals surface area contributed by atoms with Gasteiger partial charge in [0.2, 0.25) is 5.95 Å². The molecule has 8 nitrogen and oxygen atoms in total. The number of nitrogens with zero attached hydrogens (tertiary/aromatic N) is 4. The molecule has 2 heterocycles. The first kappa shape index (κ1) is 19.9. The molecule has 28 heavy (non-hydrogen) atoms. The molecule has 0 aliphatic carbocycles. The molecule has 0 aliphatic rings. The van der Waals surface area contributed by atoms with E-state index in [4.69, 9.17) is 4.74 Å². The second kappa shape index (κ2) is 7.63. The number of hydrogen-bond acceptors (Lipinski definition) is 6. The summed E-state index contributed by atoms with van der Waals surface area (Å²) in [5.74, 6) is 1.25. The van der Waals surface area contributed by atoms with E-state index in [2.05, 4.69) is 25.3 Å². The zero-order valence-corrected chi connectivity index (χ0v) is 17.3. The van der Waals surface area contributed by atoms with Crippen LogP contribution in [0.15, 0.2) is 35.3 Å². The van der Waals surface area contributed by atoms with Gasteiger partial charge in [-0.15, -0.1) is 0 Å². The number of ether oxygens (including phenoxy) is 1. The van der Waals surface area contributed by atoms with Crippen LogP contribution in [-0.4, -0.2) is 52.4 Å². The number of fused-ring (bicyclic) bond motifs is 1. The lowest BCUT2D eigenvalue weighted by Gasteiger charge is -2.26. The zero-order chi connectivity index (χ0) is 20.5. The summed E-state index contributed by atoms with van der Waals surface area (Å²) in [6.45, 7) is 6.63. The van der Waals surface area contributed by atoms with Crippen molar-refractivity contribution in [1.29, 1.82) is 0 Å². The van der Waals surface area contributed by atoms with Gasteiger partial charge in [-0.2, -0.15) is 10.1 Å². The average molecular weight is 384 g/mol. The van der Waals surface area contributed by atoms with Crippen LogP contribution in [0.5, 0.6) is 5.75 Å². The van der Waals surface area contributed by atoms with Crippen LogP contribution in [-0.2, 0) is 5.54 Å². The molecule has 0 bridgehead atoms. The van der Waals surface area contributed by atoms with Crippen LogP contribution in [0.2, 0.25) is 0 Å². The number of para-hydroxylation sites is 1. The number of H-pyrrole nitrogens is 1. The van der Waals surface area contributed by atoms with Gasteiger partial charge in [-0.05, 0) is 40.9 Å². The Hall–Kier alpha value is -2.87. The fourth-order valence-corrected chi connectivity index (χ4v) is 3.20. The zero-order valence-electron chi connectivity index (χ0n) is 17.3. The van der Waals surface area contributed by atoms with Crippen LogP contribution in [0.1, 0.15) is 32.4 Å². The Bertz CT molecular complexity index is 1020. The van der Waals surface area contributed by atoms with Crippen molar-refractivity contribution >= 4 is 17.0 Å². The van der Waals surface area contributed by atoms with E-state index in [0.717, 1.165) is 11.3 Å². The summed E-state index contributed by atoms with van der Waals surface area (Å²) in [5.41, 5.74) is 1.15. The van der Waals surface area contributed by atoms with Gasteiger partial charge in [0.05, 0.1) is 24.9 Å². The number of methoxy groups -OCH3 is 1. The number of nitrogens with one attached hydrogen (secondary N) is 2. The molecular weight excluding hydrogens is 356 g/mol. The van der Waals surface area contributed by atoms with Crippen molar-refractivity contribution in [2.24, 2.45) is 0 Å². The number of aromatic amines is 1. The molecule has 0 radical (unpaired) electrons. The molecule has 1 atom stereocenters. The highest BCUT2D eigenvalue weighted by Gasteiger charge is 2.21. The monoisotopic (exact) mass is 384 g/mol. The maximum absolute atomic E-state index is 12.5. The van der Waals surface area contributed by atoms with Crippen molar-refractivity contribution in [3.05, 3.63) is 46.4 Å². The van der Waals surface area contributed by atoms with Crippen molar-refractivity contribution in [2.45, 2.75) is 32.4 Å². The predicted molar refractivity (Wildman–Crippen MR) is 111 cm³/mol. The summed E-state index contributed by atoms with van der Waals surface area (Å²) in [4.78, 5) is 22.0. The van der Waals surface area contributed by atoms with Crippen molar-refractivity contribution in [3.8, 4) is 5.75 Å². The lowest BCUT2D eigenvalue weighted by Crippen LogP contribution is -2.28. The Balaban J connectivity index is 1.92. The number of hydrogen-bond donors (Lipinski definition) is 2. The first-order valence-corrected chi connectivity index (χ1v) is 9.24. The third-order valence-electron chi connectivity index (χ3n) is 4.66. The molecule has 2 N–H and O–H groups in total. The summed E-state index contributed by atoms with van der Waals surface area (Å²) in [5, 5.41) is 8.10. The van der Waals surface area contributed by atoms with Crippen LogP contribution in [0.25, 0.3) is 11.0 Å². The van der Waals surface area contributed by atoms with Gasteiger partial charge in [0.1, 0.15) is 11.1 Å². The van der Waals surface area contributed by atoms with Crippen molar-refractivity contribution < 1.29 is 4.74 Å².